The summed E-state index contributed by atoms with van der Waals surface area (Å²) in [6.07, 6.45) is 0.884. The molecule has 0 heterocycles. The van der Waals surface area contributed by atoms with Crippen LogP contribution in [-0.4, -0.2) is 0 Å². The Morgan fingerprint density at radius 2 is 1.50 bits per heavy atom. The molecule has 14 heavy (non-hydrogen) atoms. The minimum Gasteiger partial charge on any atom is -0.202 e. The molecular formula is C12H18F2. The van der Waals surface area contributed by atoms with E-state index >= 15 is 0 Å². The number of aryl methyl sites for hydroxylation is 1. The van der Waals surface area contributed by atoms with E-state index in [2.05, 4.69) is 0 Å². The molecule has 2 heteroatoms. The lowest BCUT2D eigenvalue weighted by molar-refractivity contribution is 0.0174. The fourth-order valence-corrected chi connectivity index (χ4v) is 1.03. The van der Waals surface area contributed by atoms with Crippen LogP contribution in [0.25, 0.3) is 0 Å². The topological polar surface area (TPSA) is 0 Å². The first-order chi connectivity index (χ1) is 6.54. The average Bonchev–Trinajstić information content (AvgIpc) is 2.20. The van der Waals surface area contributed by atoms with Crippen LogP contribution in [0.2, 0.25) is 0 Å². The zero-order valence-corrected chi connectivity index (χ0v) is 9.27. The predicted octanol–water partition coefficient (Wildman–Crippen LogP) is 4.39. The van der Waals surface area contributed by atoms with Gasteiger partial charge in [0.25, 0.3) is 5.92 Å². The van der Waals surface area contributed by atoms with Crippen LogP contribution in [0.4, 0.5) is 8.78 Å². The van der Waals surface area contributed by atoms with Crippen LogP contribution in [0.3, 0.4) is 0 Å². The smallest absolute Gasteiger partial charge is 0.202 e. The molecule has 0 aliphatic carbocycles. The molecule has 0 fully saturated rings. The van der Waals surface area contributed by atoms with Crippen LogP contribution in [0, 0.1) is 0 Å². The highest BCUT2D eigenvalue weighted by atomic mass is 19.3. The molecule has 0 aliphatic rings. The van der Waals surface area contributed by atoms with E-state index in [-0.39, 0.29) is 5.56 Å². The number of alkyl halides is 2. The standard InChI is InChI=1S/C10H12F2.C2H6/c1-3-8-4-6-9(7-5-8)10(2,11)12;1-2/h4-7H,3H2,1-2H3;1-2H3. The quantitative estimate of drug-likeness (QED) is 0.664. The van der Waals surface area contributed by atoms with Crippen molar-refractivity contribution in [2.75, 3.05) is 0 Å². The van der Waals surface area contributed by atoms with E-state index in [1.165, 1.54) is 12.1 Å². The van der Waals surface area contributed by atoms with Crippen molar-refractivity contribution in [3.63, 3.8) is 0 Å². The molecule has 0 atom stereocenters. The number of hydrogen-bond acceptors (Lipinski definition) is 0. The van der Waals surface area contributed by atoms with E-state index in [4.69, 9.17) is 0 Å². The fourth-order valence-electron chi connectivity index (χ4n) is 1.03. The van der Waals surface area contributed by atoms with Crippen LogP contribution < -0.4 is 0 Å². The van der Waals surface area contributed by atoms with Crippen molar-refractivity contribution in [1.82, 2.24) is 0 Å². The minimum atomic E-state index is -2.72. The summed E-state index contributed by atoms with van der Waals surface area (Å²) in [5, 5.41) is 0. The molecule has 0 amide bonds. The van der Waals surface area contributed by atoms with Crippen molar-refractivity contribution in [3.05, 3.63) is 35.4 Å². The van der Waals surface area contributed by atoms with Gasteiger partial charge in [-0.15, -0.1) is 0 Å². The van der Waals surface area contributed by atoms with Gasteiger partial charge >= 0.3 is 0 Å². The second-order valence-electron chi connectivity index (χ2n) is 2.94. The molecule has 0 nitrogen and oxygen atoms in total. The Bertz CT molecular complexity index is 244. The lowest BCUT2D eigenvalue weighted by Crippen LogP contribution is -2.06. The van der Waals surface area contributed by atoms with Crippen molar-refractivity contribution < 1.29 is 8.78 Å². The molecule has 0 saturated carbocycles. The maximum absolute atomic E-state index is 12.7. The Balaban J connectivity index is 0.000000791. The zero-order valence-electron chi connectivity index (χ0n) is 9.27. The molecule has 0 N–H and O–H groups in total. The summed E-state index contributed by atoms with van der Waals surface area (Å²) in [7, 11) is 0. The minimum absolute atomic E-state index is 0.0831. The second-order valence-corrected chi connectivity index (χ2v) is 2.94. The maximum Gasteiger partial charge on any atom is 0.270 e. The van der Waals surface area contributed by atoms with Gasteiger partial charge in [0.15, 0.2) is 0 Å². The van der Waals surface area contributed by atoms with E-state index < -0.39 is 5.92 Å². The van der Waals surface area contributed by atoms with E-state index in [0.29, 0.717) is 0 Å². The van der Waals surface area contributed by atoms with Gasteiger partial charge < -0.3 is 0 Å². The van der Waals surface area contributed by atoms with Crippen LogP contribution in [0.15, 0.2) is 24.3 Å². The molecule has 1 aromatic carbocycles. The summed E-state index contributed by atoms with van der Waals surface area (Å²) in [4.78, 5) is 0. The first-order valence-corrected chi connectivity index (χ1v) is 5.01. The number of benzene rings is 1. The summed E-state index contributed by atoms with van der Waals surface area (Å²) in [6.45, 7) is 6.91. The molecule has 80 valence electrons. The highest BCUT2D eigenvalue weighted by Gasteiger charge is 2.23. The molecule has 0 bridgehead atoms. The molecule has 0 aromatic heterocycles. The van der Waals surface area contributed by atoms with Crippen molar-refractivity contribution in [2.24, 2.45) is 0 Å². The van der Waals surface area contributed by atoms with Crippen molar-refractivity contribution in [3.8, 4) is 0 Å². The van der Waals surface area contributed by atoms with Crippen LogP contribution in [-0.2, 0) is 12.3 Å². The molecular weight excluding hydrogens is 182 g/mol. The van der Waals surface area contributed by atoms with Crippen molar-refractivity contribution in [2.45, 2.75) is 40.0 Å². The van der Waals surface area contributed by atoms with Crippen LogP contribution in [0.1, 0.15) is 38.8 Å². The fraction of sp³-hybridized carbons (Fsp3) is 0.500. The highest BCUT2D eigenvalue weighted by Crippen LogP contribution is 2.26. The maximum atomic E-state index is 12.7. The average molecular weight is 200 g/mol. The molecule has 0 unspecified atom stereocenters. The lowest BCUT2D eigenvalue weighted by Gasteiger charge is -2.10. The third-order valence-corrected chi connectivity index (χ3v) is 1.87. The Morgan fingerprint density at radius 3 is 1.79 bits per heavy atom. The van der Waals surface area contributed by atoms with Crippen LogP contribution >= 0.6 is 0 Å². The van der Waals surface area contributed by atoms with Gasteiger partial charge in [-0.2, -0.15) is 0 Å². The summed E-state index contributed by atoms with van der Waals surface area (Å²) < 4.78 is 25.4. The predicted molar refractivity (Wildman–Crippen MR) is 56.7 cm³/mol. The van der Waals surface area contributed by atoms with Gasteiger partial charge in [0.2, 0.25) is 0 Å². The van der Waals surface area contributed by atoms with Gasteiger partial charge in [-0.25, -0.2) is 8.78 Å². The van der Waals surface area contributed by atoms with Gasteiger partial charge in [0.1, 0.15) is 0 Å². The third-order valence-electron chi connectivity index (χ3n) is 1.87. The van der Waals surface area contributed by atoms with E-state index in [1.807, 2.05) is 20.8 Å². The van der Waals surface area contributed by atoms with E-state index in [9.17, 15) is 8.78 Å². The highest BCUT2D eigenvalue weighted by molar-refractivity contribution is 5.25. The molecule has 1 aromatic rings. The Hall–Kier alpha value is -0.920. The third kappa shape index (κ3) is 3.86. The molecule has 0 radical (unpaired) electrons. The summed E-state index contributed by atoms with van der Waals surface area (Å²) in [5.41, 5.74) is 1.17. The second kappa shape index (κ2) is 5.74. The van der Waals surface area contributed by atoms with Gasteiger partial charge in [-0.1, -0.05) is 45.0 Å². The molecule has 0 saturated heterocycles. The number of rotatable bonds is 2. The number of hydrogen-bond donors (Lipinski definition) is 0. The Labute approximate surface area is 85.0 Å². The van der Waals surface area contributed by atoms with Gasteiger partial charge in [-0.05, 0) is 12.0 Å². The summed E-state index contributed by atoms with van der Waals surface area (Å²) >= 11 is 0. The zero-order chi connectivity index (χ0) is 11.2. The van der Waals surface area contributed by atoms with E-state index in [0.717, 1.165) is 18.9 Å². The monoisotopic (exact) mass is 200 g/mol. The van der Waals surface area contributed by atoms with Crippen LogP contribution in [0.5, 0.6) is 0 Å². The van der Waals surface area contributed by atoms with Crippen molar-refractivity contribution in [1.29, 1.82) is 0 Å². The molecule has 1 rings (SSSR count). The Morgan fingerprint density at radius 1 is 1.07 bits per heavy atom. The van der Waals surface area contributed by atoms with E-state index in [1.54, 1.807) is 12.1 Å². The number of halogens is 2. The SMILES string of the molecule is CC.CCc1ccc(C(C)(F)F)cc1. The summed E-state index contributed by atoms with van der Waals surface area (Å²) in [6, 6.07) is 6.46. The molecule has 0 aliphatic heterocycles. The van der Waals surface area contributed by atoms with Gasteiger partial charge in [0.05, 0.1) is 0 Å². The first-order valence-electron chi connectivity index (χ1n) is 5.01. The Kier molecular flexibility index (Phi) is 5.36. The van der Waals surface area contributed by atoms with Gasteiger partial charge in [0, 0.05) is 12.5 Å². The molecule has 0 spiro atoms. The normalized spacial score (nSPS) is 10.4. The lowest BCUT2D eigenvalue weighted by atomic mass is 10.1. The summed E-state index contributed by atoms with van der Waals surface area (Å²) in [5.74, 6) is -2.72. The largest absolute Gasteiger partial charge is 0.270 e. The van der Waals surface area contributed by atoms with Gasteiger partial charge in [-0.3, -0.25) is 0 Å². The van der Waals surface area contributed by atoms with Crippen molar-refractivity contribution >= 4 is 0 Å². The first kappa shape index (κ1) is 13.1.